The van der Waals surface area contributed by atoms with Crippen LogP contribution in [0.3, 0.4) is 0 Å². The number of carboxylic acids is 1. The van der Waals surface area contributed by atoms with E-state index >= 15 is 0 Å². The number of aromatic nitrogens is 1. The van der Waals surface area contributed by atoms with Crippen LogP contribution in [0.4, 0.5) is 28.9 Å². The zero-order chi connectivity index (χ0) is 25.8. The van der Waals surface area contributed by atoms with E-state index in [-0.39, 0.29) is 22.8 Å². The number of ether oxygens (including phenoxy) is 2. The molecule has 14 heteroatoms. The third-order valence-electron chi connectivity index (χ3n) is 4.41. The second kappa shape index (κ2) is 10.1. The summed E-state index contributed by atoms with van der Waals surface area (Å²) in [5.74, 6) is -3.02. The van der Waals surface area contributed by atoms with Crippen molar-refractivity contribution < 1.29 is 41.7 Å². The molecule has 35 heavy (non-hydrogen) atoms. The first-order valence-electron chi connectivity index (χ1n) is 9.72. The van der Waals surface area contributed by atoms with Crippen molar-refractivity contribution in [2.75, 3.05) is 17.7 Å². The summed E-state index contributed by atoms with van der Waals surface area (Å²) in [6.45, 7) is 0.202. The van der Waals surface area contributed by atoms with E-state index in [1.807, 2.05) is 0 Å². The second-order valence-electron chi connectivity index (χ2n) is 6.72. The Morgan fingerprint density at radius 2 is 1.74 bits per heavy atom. The van der Waals surface area contributed by atoms with E-state index in [2.05, 4.69) is 30.8 Å². The Hall–Kier alpha value is -3.91. The van der Waals surface area contributed by atoms with E-state index in [0.29, 0.717) is 11.3 Å². The van der Waals surface area contributed by atoms with Gasteiger partial charge in [0.25, 0.3) is 5.91 Å². The number of hydrogen-bond acceptors (Lipinski definition) is 8. The van der Waals surface area contributed by atoms with Crippen LogP contribution in [-0.2, 0) is 6.54 Å². The molecule has 2 aromatic heterocycles. The standard InChI is InChI=1S/C20H13F4N3O5S.CH5N/c21-19(22)20(23,24)32-15-8-11(1-2-14(15)31-19)27-17(28)16-12(4-6-33-16)26-9-10-3-5-25-13(7-10)18(29)30;1-2/h1-8,26H,9H2,(H,27,28)(H,29,30);2H2,1H3. The third kappa shape index (κ3) is 5.60. The van der Waals surface area contributed by atoms with Gasteiger partial charge in [-0.3, -0.25) is 4.79 Å². The summed E-state index contributed by atoms with van der Waals surface area (Å²) in [6, 6.07) is 7.75. The minimum Gasteiger partial charge on any atom is -0.477 e. The number of hydrogen-bond donors (Lipinski definition) is 4. The number of fused-ring (bicyclic) bond motifs is 1. The Bertz CT molecular complexity index is 1240. The number of anilines is 2. The lowest BCUT2D eigenvalue weighted by Crippen LogP contribution is -2.52. The highest BCUT2D eigenvalue weighted by molar-refractivity contribution is 7.12. The minimum absolute atomic E-state index is 0.0166. The van der Waals surface area contributed by atoms with Gasteiger partial charge < -0.3 is 30.9 Å². The summed E-state index contributed by atoms with van der Waals surface area (Å²) in [4.78, 5) is 27.7. The summed E-state index contributed by atoms with van der Waals surface area (Å²) in [5.41, 5.74) is 5.45. The van der Waals surface area contributed by atoms with E-state index in [4.69, 9.17) is 5.11 Å². The normalized spacial score (nSPS) is 14.8. The summed E-state index contributed by atoms with van der Waals surface area (Å²) in [7, 11) is 1.50. The zero-order valence-corrected chi connectivity index (χ0v) is 18.7. The fourth-order valence-corrected chi connectivity index (χ4v) is 3.62. The van der Waals surface area contributed by atoms with E-state index in [9.17, 15) is 27.2 Å². The van der Waals surface area contributed by atoms with Gasteiger partial charge in [-0.2, -0.15) is 17.6 Å². The molecular formula is C21H18F4N4O5S. The van der Waals surface area contributed by atoms with E-state index in [0.717, 1.165) is 23.5 Å². The van der Waals surface area contributed by atoms with Gasteiger partial charge in [-0.15, -0.1) is 11.3 Å². The summed E-state index contributed by atoms with van der Waals surface area (Å²) in [5, 5.41) is 16.1. The molecule has 0 spiro atoms. The van der Waals surface area contributed by atoms with Crippen molar-refractivity contribution in [1.82, 2.24) is 4.98 Å². The number of thiophene rings is 1. The van der Waals surface area contributed by atoms with Gasteiger partial charge in [-0.25, -0.2) is 9.78 Å². The number of carbonyl (C=O) groups is 2. The van der Waals surface area contributed by atoms with Crippen molar-refractivity contribution in [3.63, 3.8) is 0 Å². The molecule has 0 fully saturated rings. The molecule has 9 nitrogen and oxygen atoms in total. The molecule has 1 amide bonds. The number of nitrogens with zero attached hydrogens (tertiary/aromatic N) is 1. The van der Waals surface area contributed by atoms with Crippen LogP contribution in [0.1, 0.15) is 25.7 Å². The highest BCUT2D eigenvalue weighted by atomic mass is 32.1. The van der Waals surface area contributed by atoms with Gasteiger partial charge in [-0.05, 0) is 48.3 Å². The number of alkyl halides is 4. The first-order chi connectivity index (χ1) is 16.6. The number of nitrogens with one attached hydrogen (secondary N) is 2. The highest BCUT2D eigenvalue weighted by Gasteiger charge is 2.65. The van der Waals surface area contributed by atoms with Gasteiger partial charge >= 0.3 is 18.2 Å². The highest BCUT2D eigenvalue weighted by Crippen LogP contribution is 2.47. The van der Waals surface area contributed by atoms with Gasteiger partial charge in [0, 0.05) is 24.5 Å². The van der Waals surface area contributed by atoms with Crippen LogP contribution in [0.15, 0.2) is 48.0 Å². The molecule has 0 saturated carbocycles. The number of carbonyl (C=O) groups excluding carboxylic acids is 1. The van der Waals surface area contributed by atoms with Crippen LogP contribution in [0.2, 0.25) is 0 Å². The maximum Gasteiger partial charge on any atom is 0.507 e. The third-order valence-corrected chi connectivity index (χ3v) is 5.33. The van der Waals surface area contributed by atoms with Gasteiger partial charge in [0.15, 0.2) is 11.5 Å². The number of nitrogens with two attached hydrogens (primary N) is 1. The lowest BCUT2D eigenvalue weighted by molar-refractivity contribution is -0.391. The smallest absolute Gasteiger partial charge is 0.477 e. The molecule has 4 rings (SSSR count). The number of benzene rings is 1. The number of halogens is 4. The van der Waals surface area contributed by atoms with Crippen LogP contribution in [-0.4, -0.2) is 41.2 Å². The van der Waals surface area contributed by atoms with Crippen LogP contribution < -0.4 is 25.8 Å². The quantitative estimate of drug-likeness (QED) is 0.359. The predicted molar refractivity (Wildman–Crippen MR) is 118 cm³/mol. The lowest BCUT2D eigenvalue weighted by Gasteiger charge is -2.31. The van der Waals surface area contributed by atoms with Crippen LogP contribution in [0.25, 0.3) is 0 Å². The van der Waals surface area contributed by atoms with Crippen molar-refractivity contribution >= 4 is 34.6 Å². The number of rotatable bonds is 6. The van der Waals surface area contributed by atoms with E-state index < -0.39 is 35.6 Å². The molecule has 0 radical (unpaired) electrons. The summed E-state index contributed by atoms with van der Waals surface area (Å²) >= 11 is 1.09. The Balaban J connectivity index is 0.00000167. The summed E-state index contributed by atoms with van der Waals surface area (Å²) < 4.78 is 61.4. The first kappa shape index (κ1) is 25.7. The van der Waals surface area contributed by atoms with Gasteiger partial charge in [0.2, 0.25) is 0 Å². The molecule has 3 aromatic rings. The fraction of sp³-hybridized carbons (Fsp3) is 0.190. The molecule has 1 aliphatic heterocycles. The zero-order valence-electron chi connectivity index (χ0n) is 17.9. The minimum atomic E-state index is -4.87. The van der Waals surface area contributed by atoms with Gasteiger partial charge in [0.1, 0.15) is 10.6 Å². The average molecular weight is 514 g/mol. The van der Waals surface area contributed by atoms with Crippen molar-refractivity contribution in [2.45, 2.75) is 18.8 Å². The molecule has 186 valence electrons. The topological polar surface area (TPSA) is 136 Å². The molecule has 0 bridgehead atoms. The monoisotopic (exact) mass is 514 g/mol. The number of pyridine rings is 1. The average Bonchev–Trinajstić information content (AvgIpc) is 3.29. The van der Waals surface area contributed by atoms with Crippen LogP contribution >= 0.6 is 11.3 Å². The number of aromatic carboxylic acids is 1. The Morgan fingerprint density at radius 3 is 2.43 bits per heavy atom. The molecule has 0 saturated heterocycles. The molecule has 1 aromatic carbocycles. The molecule has 1 aliphatic rings. The molecule has 0 atom stereocenters. The summed E-state index contributed by atoms with van der Waals surface area (Å²) in [6.07, 6.45) is -8.35. The van der Waals surface area contributed by atoms with Crippen LogP contribution in [0, 0.1) is 0 Å². The second-order valence-corrected chi connectivity index (χ2v) is 7.64. The molecule has 0 aliphatic carbocycles. The fourth-order valence-electron chi connectivity index (χ4n) is 2.86. The number of carboxylic acid groups (broad SMARTS) is 1. The Labute approximate surface area is 199 Å². The molecular weight excluding hydrogens is 496 g/mol. The van der Waals surface area contributed by atoms with Gasteiger partial charge in [0.05, 0.1) is 5.69 Å². The maximum atomic E-state index is 13.4. The van der Waals surface area contributed by atoms with Gasteiger partial charge in [-0.1, -0.05) is 0 Å². The number of amides is 1. The van der Waals surface area contributed by atoms with Crippen molar-refractivity contribution in [2.24, 2.45) is 5.73 Å². The van der Waals surface area contributed by atoms with Crippen LogP contribution in [0.5, 0.6) is 11.5 Å². The van der Waals surface area contributed by atoms with Crippen molar-refractivity contribution in [3.8, 4) is 11.5 Å². The Kier molecular flexibility index (Phi) is 7.45. The maximum absolute atomic E-state index is 13.4. The molecule has 3 heterocycles. The molecule has 0 unspecified atom stereocenters. The van der Waals surface area contributed by atoms with E-state index in [1.54, 1.807) is 17.5 Å². The molecule has 5 N–H and O–H groups in total. The van der Waals surface area contributed by atoms with Crippen molar-refractivity contribution in [3.05, 3.63) is 64.1 Å². The largest absolute Gasteiger partial charge is 0.507 e. The van der Waals surface area contributed by atoms with Crippen molar-refractivity contribution in [1.29, 1.82) is 0 Å². The SMILES string of the molecule is CN.O=C(O)c1cc(CNc2ccsc2C(=O)Nc2ccc3c(c2)OC(F)(F)C(F)(F)O3)ccn1. The predicted octanol–water partition coefficient (Wildman–Crippen LogP) is 4.24. The van der Waals surface area contributed by atoms with E-state index in [1.165, 1.54) is 25.4 Å². The first-order valence-corrected chi connectivity index (χ1v) is 10.6. The Morgan fingerprint density at radius 1 is 1.06 bits per heavy atom. The lowest BCUT2D eigenvalue weighted by atomic mass is 10.2.